The fraction of sp³-hybridized carbons (Fsp3) is 0.211. The highest BCUT2D eigenvalue weighted by molar-refractivity contribution is 5.95. The molecule has 1 aliphatic rings. The number of carbonyl (C=O) groups excluding carboxylic acids is 2. The van der Waals surface area contributed by atoms with Crippen LogP contribution in [0.2, 0.25) is 0 Å². The Kier molecular flexibility index (Phi) is 4.57. The van der Waals surface area contributed by atoms with Gasteiger partial charge in [-0.1, -0.05) is 12.1 Å². The zero-order valence-electron chi connectivity index (χ0n) is 13.0. The van der Waals surface area contributed by atoms with Gasteiger partial charge in [0.15, 0.2) is 0 Å². The average Bonchev–Trinajstić information content (AvgIpc) is 3.46. The van der Waals surface area contributed by atoms with Crippen molar-refractivity contribution in [3.63, 3.8) is 0 Å². The van der Waals surface area contributed by atoms with Gasteiger partial charge >= 0.3 is 5.97 Å². The molecule has 1 saturated carbocycles. The number of carbonyl (C=O) groups is 2. The van der Waals surface area contributed by atoms with E-state index in [-0.39, 0.29) is 18.4 Å². The number of ether oxygens (including phenoxy) is 1. The normalized spacial score (nSPS) is 13.0. The van der Waals surface area contributed by atoms with Crippen LogP contribution >= 0.6 is 0 Å². The number of nitrogens with one attached hydrogen (secondary N) is 1. The maximum Gasteiger partial charge on any atom is 0.338 e. The van der Waals surface area contributed by atoms with E-state index >= 15 is 0 Å². The second-order valence-electron chi connectivity index (χ2n) is 5.73. The summed E-state index contributed by atoms with van der Waals surface area (Å²) in [6.45, 7) is 0.144. The third-order valence-corrected chi connectivity index (χ3v) is 3.79. The summed E-state index contributed by atoms with van der Waals surface area (Å²) in [6, 6.07) is 15.5. The van der Waals surface area contributed by atoms with Crippen LogP contribution < -0.4 is 5.32 Å². The molecule has 0 bridgehead atoms. The van der Waals surface area contributed by atoms with Gasteiger partial charge in [0, 0.05) is 11.6 Å². The molecule has 1 amide bonds. The lowest BCUT2D eigenvalue weighted by molar-refractivity contribution is -0.117. The second-order valence-corrected chi connectivity index (χ2v) is 5.73. The molecule has 0 radical (unpaired) electrons. The number of nitrogens with zero attached hydrogens (tertiary/aromatic N) is 1. The first kappa shape index (κ1) is 15.8. The van der Waals surface area contributed by atoms with Crippen LogP contribution in [-0.4, -0.2) is 11.9 Å². The molecule has 0 atom stereocenters. The number of hydrogen-bond donors (Lipinski definition) is 1. The van der Waals surface area contributed by atoms with E-state index in [0.717, 1.165) is 18.4 Å². The zero-order chi connectivity index (χ0) is 16.9. The fourth-order valence-electron chi connectivity index (χ4n) is 2.19. The van der Waals surface area contributed by atoms with Crippen molar-refractivity contribution in [1.82, 2.24) is 0 Å². The summed E-state index contributed by atoms with van der Waals surface area (Å²) in [7, 11) is 0. The monoisotopic (exact) mass is 320 g/mol. The lowest BCUT2D eigenvalue weighted by atomic mass is 10.1. The molecule has 1 fully saturated rings. The summed E-state index contributed by atoms with van der Waals surface area (Å²) in [5, 5.41) is 11.6. The molecule has 2 aromatic rings. The lowest BCUT2D eigenvalue weighted by Gasteiger charge is -2.07. The number of anilines is 1. The van der Waals surface area contributed by atoms with Crippen LogP contribution in [-0.2, 0) is 16.1 Å². The number of esters is 1. The minimum absolute atomic E-state index is 0.0335. The average molecular weight is 320 g/mol. The minimum atomic E-state index is -0.431. The minimum Gasteiger partial charge on any atom is -0.457 e. The van der Waals surface area contributed by atoms with Gasteiger partial charge in [-0.3, -0.25) is 4.79 Å². The third kappa shape index (κ3) is 3.99. The second kappa shape index (κ2) is 6.97. The van der Waals surface area contributed by atoms with Crippen LogP contribution in [0, 0.1) is 17.2 Å². The van der Waals surface area contributed by atoms with Gasteiger partial charge in [-0.05, 0) is 54.8 Å². The first-order valence-electron chi connectivity index (χ1n) is 7.73. The van der Waals surface area contributed by atoms with Crippen molar-refractivity contribution in [2.24, 2.45) is 5.92 Å². The number of rotatable bonds is 5. The Morgan fingerprint density at radius 1 is 1.08 bits per heavy atom. The predicted octanol–water partition coefficient (Wildman–Crippen LogP) is 3.26. The van der Waals surface area contributed by atoms with Crippen molar-refractivity contribution < 1.29 is 14.3 Å². The molecule has 2 aromatic carbocycles. The summed E-state index contributed by atoms with van der Waals surface area (Å²) in [6.07, 6.45) is 1.90. The quantitative estimate of drug-likeness (QED) is 0.858. The molecule has 24 heavy (non-hydrogen) atoms. The number of hydrogen-bond acceptors (Lipinski definition) is 4. The largest absolute Gasteiger partial charge is 0.457 e. The molecule has 120 valence electrons. The summed E-state index contributed by atoms with van der Waals surface area (Å²) in [5.41, 5.74) is 2.48. The van der Waals surface area contributed by atoms with Gasteiger partial charge in [-0.25, -0.2) is 4.79 Å². The van der Waals surface area contributed by atoms with Gasteiger partial charge in [-0.2, -0.15) is 5.26 Å². The molecule has 0 unspecified atom stereocenters. The first-order valence-corrected chi connectivity index (χ1v) is 7.73. The maximum absolute atomic E-state index is 12.0. The van der Waals surface area contributed by atoms with Crippen LogP contribution in [0.3, 0.4) is 0 Å². The molecule has 0 aliphatic heterocycles. The van der Waals surface area contributed by atoms with Crippen molar-refractivity contribution >= 4 is 17.6 Å². The number of benzene rings is 2. The standard InChI is InChI=1S/C19H16N2O3/c20-11-13-1-3-14(4-2-13)12-24-19(23)16-7-9-17(10-8-16)21-18(22)15-5-6-15/h1-4,7-10,15H,5-6,12H2,(H,21,22). The molecule has 0 heterocycles. The van der Waals surface area contributed by atoms with Crippen LogP contribution in [0.1, 0.15) is 34.3 Å². The summed E-state index contributed by atoms with van der Waals surface area (Å²) < 4.78 is 5.25. The Balaban J connectivity index is 1.54. The fourth-order valence-corrected chi connectivity index (χ4v) is 2.19. The first-order chi connectivity index (χ1) is 11.7. The topological polar surface area (TPSA) is 79.2 Å². The number of nitriles is 1. The van der Waals surface area contributed by atoms with Crippen LogP contribution in [0.25, 0.3) is 0 Å². The number of amides is 1. The van der Waals surface area contributed by atoms with E-state index in [9.17, 15) is 9.59 Å². The van der Waals surface area contributed by atoms with Gasteiger partial charge < -0.3 is 10.1 Å². The highest BCUT2D eigenvalue weighted by Gasteiger charge is 2.29. The van der Waals surface area contributed by atoms with Crippen molar-refractivity contribution in [2.75, 3.05) is 5.32 Å². The molecule has 5 nitrogen and oxygen atoms in total. The Bertz CT molecular complexity index is 785. The van der Waals surface area contributed by atoms with E-state index < -0.39 is 5.97 Å². The molecule has 1 N–H and O–H groups in total. The van der Waals surface area contributed by atoms with Crippen molar-refractivity contribution in [2.45, 2.75) is 19.4 Å². The van der Waals surface area contributed by atoms with Gasteiger partial charge in [0.05, 0.1) is 17.2 Å². The summed E-state index contributed by atoms with van der Waals surface area (Å²) >= 11 is 0. The maximum atomic E-state index is 12.0. The van der Waals surface area contributed by atoms with E-state index in [1.807, 2.05) is 6.07 Å². The van der Waals surface area contributed by atoms with Crippen molar-refractivity contribution in [3.8, 4) is 6.07 Å². The van der Waals surface area contributed by atoms with Crippen LogP contribution in [0.4, 0.5) is 5.69 Å². The summed E-state index contributed by atoms with van der Waals surface area (Å²) in [4.78, 5) is 23.7. The van der Waals surface area contributed by atoms with E-state index in [1.165, 1.54) is 0 Å². The van der Waals surface area contributed by atoms with Crippen molar-refractivity contribution in [1.29, 1.82) is 5.26 Å². The van der Waals surface area contributed by atoms with Gasteiger partial charge in [0.2, 0.25) is 5.91 Å². The molecule has 0 aromatic heterocycles. The van der Waals surface area contributed by atoms with E-state index in [2.05, 4.69) is 5.32 Å². The Hall–Kier alpha value is -3.13. The molecular formula is C19H16N2O3. The predicted molar refractivity (Wildman–Crippen MR) is 88.1 cm³/mol. The highest BCUT2D eigenvalue weighted by atomic mass is 16.5. The SMILES string of the molecule is N#Cc1ccc(COC(=O)c2ccc(NC(=O)C3CC3)cc2)cc1. The van der Waals surface area contributed by atoms with Gasteiger partial charge in [0.25, 0.3) is 0 Å². The molecule has 3 rings (SSSR count). The van der Waals surface area contributed by atoms with Crippen molar-refractivity contribution in [3.05, 3.63) is 65.2 Å². The Labute approximate surface area is 139 Å². The third-order valence-electron chi connectivity index (χ3n) is 3.79. The van der Waals surface area contributed by atoms with Crippen LogP contribution in [0.15, 0.2) is 48.5 Å². The zero-order valence-corrected chi connectivity index (χ0v) is 13.0. The van der Waals surface area contributed by atoms with E-state index in [1.54, 1.807) is 48.5 Å². The highest BCUT2D eigenvalue weighted by Crippen LogP contribution is 2.30. The van der Waals surface area contributed by atoms with Crippen LogP contribution in [0.5, 0.6) is 0 Å². The van der Waals surface area contributed by atoms with Gasteiger partial charge in [-0.15, -0.1) is 0 Å². The Morgan fingerprint density at radius 3 is 2.33 bits per heavy atom. The molecule has 0 spiro atoms. The molecule has 0 saturated heterocycles. The van der Waals surface area contributed by atoms with Gasteiger partial charge in [0.1, 0.15) is 6.61 Å². The molecule has 1 aliphatic carbocycles. The van der Waals surface area contributed by atoms with E-state index in [4.69, 9.17) is 10.00 Å². The Morgan fingerprint density at radius 2 is 1.75 bits per heavy atom. The molecule has 5 heteroatoms. The lowest BCUT2D eigenvalue weighted by Crippen LogP contribution is -2.13. The smallest absolute Gasteiger partial charge is 0.338 e. The molecular weight excluding hydrogens is 304 g/mol. The van der Waals surface area contributed by atoms with E-state index in [0.29, 0.717) is 16.8 Å². The summed E-state index contributed by atoms with van der Waals surface area (Å²) in [5.74, 6) is -0.257.